The van der Waals surface area contributed by atoms with E-state index in [0.717, 1.165) is 16.7 Å². The molecule has 1 saturated heterocycles. The Morgan fingerprint density at radius 3 is 2.53 bits per heavy atom. The van der Waals surface area contributed by atoms with Gasteiger partial charge >= 0.3 is 12.1 Å². The molecule has 4 N–H and O–H groups in total. The molecule has 0 bridgehead atoms. The van der Waals surface area contributed by atoms with Crippen LogP contribution in [0.25, 0.3) is 0 Å². The van der Waals surface area contributed by atoms with Gasteiger partial charge < -0.3 is 20.1 Å². The van der Waals surface area contributed by atoms with Crippen molar-refractivity contribution in [1.82, 2.24) is 35.7 Å². The minimum Gasteiger partial charge on any atom is -0.475 e. The lowest BCUT2D eigenvalue weighted by atomic mass is 10.0. The highest BCUT2D eigenvalue weighted by Gasteiger charge is 2.39. The first kappa shape index (κ1) is 36.3. The topological polar surface area (TPSA) is 198 Å². The molecule has 49 heavy (non-hydrogen) atoms. The number of nitrogens with zero attached hydrogens (tertiary/aromatic N) is 5. The molecule has 0 saturated carbocycles. The number of carbonyl (C=O) groups is 5. The summed E-state index contributed by atoms with van der Waals surface area (Å²) in [5, 5.41) is 28.1. The van der Waals surface area contributed by atoms with Gasteiger partial charge in [-0.05, 0) is 64.7 Å². The number of tetrazole rings is 1. The van der Waals surface area contributed by atoms with Crippen LogP contribution in [0.5, 0.6) is 0 Å². The summed E-state index contributed by atoms with van der Waals surface area (Å²) < 4.78 is 38.9. The third kappa shape index (κ3) is 9.32. The Bertz CT molecular complexity index is 1710. The number of ether oxygens (including phenoxy) is 1. The highest BCUT2D eigenvalue weighted by atomic mass is 19.4. The summed E-state index contributed by atoms with van der Waals surface area (Å²) in [7, 11) is 0. The van der Waals surface area contributed by atoms with Crippen molar-refractivity contribution in [2.75, 3.05) is 18.5 Å². The van der Waals surface area contributed by atoms with Crippen LogP contribution >= 0.6 is 0 Å². The number of carboxylic acids is 1. The molecule has 2 aliphatic heterocycles. The molecule has 2 atom stereocenters. The van der Waals surface area contributed by atoms with Gasteiger partial charge in [-0.3, -0.25) is 29.8 Å². The second kappa shape index (κ2) is 16.1. The van der Waals surface area contributed by atoms with Gasteiger partial charge in [0.2, 0.25) is 17.7 Å². The number of piperidine rings is 1. The maximum atomic E-state index is 13.1. The average Bonchev–Trinajstić information content (AvgIpc) is 3.65. The van der Waals surface area contributed by atoms with Crippen molar-refractivity contribution in [3.63, 3.8) is 0 Å². The zero-order valence-corrected chi connectivity index (χ0v) is 26.2. The summed E-state index contributed by atoms with van der Waals surface area (Å²) in [6.07, 6.45) is -3.35. The van der Waals surface area contributed by atoms with Crippen LogP contribution in [-0.4, -0.2) is 85.2 Å². The average molecular weight is 687 g/mol. The maximum Gasteiger partial charge on any atom is 0.490 e. The molecular weight excluding hydrogens is 653 g/mol. The molecule has 3 heterocycles. The van der Waals surface area contributed by atoms with Crippen molar-refractivity contribution in [3.8, 4) is 0 Å². The minimum absolute atomic E-state index is 0.207. The SMILES string of the molecule is C=CC(=O)Nc1ccc(C(NCc2ccc3c(c2)CN(C2CCC(=O)NC2=O)C3=O)c2nnnn2CCOCC)cc1.O=C(O)C(F)(F)F. The van der Waals surface area contributed by atoms with Crippen LogP contribution < -0.4 is 16.0 Å². The van der Waals surface area contributed by atoms with E-state index in [2.05, 4.69) is 38.1 Å². The Labute approximate surface area is 277 Å². The van der Waals surface area contributed by atoms with Crippen molar-refractivity contribution in [2.24, 2.45) is 0 Å². The number of nitrogens with one attached hydrogen (secondary N) is 3. The van der Waals surface area contributed by atoms with Crippen LogP contribution in [0.3, 0.4) is 0 Å². The lowest BCUT2D eigenvalue weighted by Gasteiger charge is -2.29. The first-order valence-electron chi connectivity index (χ1n) is 15.0. The van der Waals surface area contributed by atoms with Gasteiger partial charge in [0.05, 0.1) is 19.2 Å². The van der Waals surface area contributed by atoms with Crippen LogP contribution in [0.1, 0.15) is 58.7 Å². The number of carbonyl (C=O) groups excluding carboxylic acids is 4. The van der Waals surface area contributed by atoms with Gasteiger partial charge in [0.25, 0.3) is 5.91 Å². The molecule has 5 rings (SSSR count). The molecule has 260 valence electrons. The molecule has 1 fully saturated rings. The van der Waals surface area contributed by atoms with Crippen molar-refractivity contribution in [1.29, 1.82) is 0 Å². The second-order valence-electron chi connectivity index (χ2n) is 10.8. The zero-order valence-electron chi connectivity index (χ0n) is 26.2. The first-order chi connectivity index (χ1) is 23.3. The van der Waals surface area contributed by atoms with Crippen molar-refractivity contribution in [3.05, 3.63) is 83.2 Å². The summed E-state index contributed by atoms with van der Waals surface area (Å²) in [6, 6.07) is 11.9. The third-order valence-electron chi connectivity index (χ3n) is 7.51. The van der Waals surface area contributed by atoms with Gasteiger partial charge in [0, 0.05) is 37.4 Å². The number of hydrogen-bond donors (Lipinski definition) is 4. The Hall–Kier alpha value is -5.49. The molecule has 18 heteroatoms. The molecule has 0 aliphatic carbocycles. The van der Waals surface area contributed by atoms with E-state index in [9.17, 15) is 32.3 Å². The number of amides is 4. The molecular formula is C31H33F3N8O7. The van der Waals surface area contributed by atoms with E-state index >= 15 is 0 Å². The molecule has 2 aromatic carbocycles. The van der Waals surface area contributed by atoms with Crippen LogP contribution in [-0.2, 0) is 43.5 Å². The zero-order chi connectivity index (χ0) is 35.7. The van der Waals surface area contributed by atoms with E-state index in [1.54, 1.807) is 22.9 Å². The van der Waals surface area contributed by atoms with Crippen LogP contribution in [0.2, 0.25) is 0 Å². The standard InChI is InChI=1S/C29H32N8O5.C2HF3O2/c1-3-24(38)31-21-8-6-19(7-9-21)26(27-33-34-35-37(27)13-14-42-4-2)30-16-18-5-10-22-20(15-18)17-36(29(22)41)23-11-12-25(39)32-28(23)40;3-2(4,5)1(6)7/h3,5-10,15,23,26,30H,1,4,11-14,16-17H2,2H3,(H,31,38)(H,32,39,40);(H,6,7). The van der Waals surface area contributed by atoms with Crippen molar-refractivity contribution >= 4 is 35.3 Å². The number of fused-ring (bicyclic) bond motifs is 1. The van der Waals surface area contributed by atoms with Gasteiger partial charge in [0.15, 0.2) is 5.82 Å². The summed E-state index contributed by atoms with van der Waals surface area (Å²) >= 11 is 0. The minimum atomic E-state index is -5.08. The summed E-state index contributed by atoms with van der Waals surface area (Å²) in [6.45, 7) is 7.64. The van der Waals surface area contributed by atoms with Gasteiger partial charge in [0.1, 0.15) is 6.04 Å². The third-order valence-corrected chi connectivity index (χ3v) is 7.51. The van der Waals surface area contributed by atoms with Gasteiger partial charge in [-0.25, -0.2) is 9.48 Å². The molecule has 0 spiro atoms. The van der Waals surface area contributed by atoms with E-state index in [1.165, 1.54) is 11.0 Å². The van der Waals surface area contributed by atoms with Gasteiger partial charge in [-0.15, -0.1) is 5.10 Å². The van der Waals surface area contributed by atoms with E-state index < -0.39 is 30.1 Å². The van der Waals surface area contributed by atoms with Gasteiger partial charge in [-0.1, -0.05) is 30.8 Å². The van der Waals surface area contributed by atoms with Crippen LogP contribution in [0.15, 0.2) is 55.1 Å². The number of halogens is 3. The molecule has 0 radical (unpaired) electrons. The number of anilines is 1. The number of alkyl halides is 3. The highest BCUT2D eigenvalue weighted by molar-refractivity contribution is 6.05. The van der Waals surface area contributed by atoms with E-state index in [-0.39, 0.29) is 24.1 Å². The first-order valence-corrected chi connectivity index (χ1v) is 15.0. The fourth-order valence-electron chi connectivity index (χ4n) is 5.14. The van der Waals surface area contributed by atoms with Crippen molar-refractivity contribution in [2.45, 2.75) is 57.7 Å². The summed E-state index contributed by atoms with van der Waals surface area (Å²) in [5.41, 5.74) is 3.81. The molecule has 1 aromatic heterocycles. The lowest BCUT2D eigenvalue weighted by molar-refractivity contribution is -0.192. The summed E-state index contributed by atoms with van der Waals surface area (Å²) in [5.74, 6) is -3.43. The smallest absolute Gasteiger partial charge is 0.475 e. The molecule has 2 aliphatic rings. The predicted octanol–water partition coefficient (Wildman–Crippen LogP) is 2.11. The van der Waals surface area contributed by atoms with E-state index in [4.69, 9.17) is 14.6 Å². The predicted molar refractivity (Wildman–Crippen MR) is 164 cm³/mol. The number of rotatable bonds is 12. The normalized spacial score (nSPS) is 16.3. The molecule has 3 aromatic rings. The Morgan fingerprint density at radius 1 is 1.18 bits per heavy atom. The van der Waals surface area contributed by atoms with Crippen LogP contribution in [0, 0.1) is 0 Å². The monoisotopic (exact) mass is 686 g/mol. The molecule has 15 nitrogen and oxygen atoms in total. The van der Waals surface area contributed by atoms with E-state index in [1.807, 2.05) is 31.2 Å². The second-order valence-corrected chi connectivity index (χ2v) is 10.8. The fraction of sp³-hybridized carbons (Fsp3) is 0.355. The number of imide groups is 1. The van der Waals surface area contributed by atoms with Crippen molar-refractivity contribution < 1.29 is 47.0 Å². The number of aromatic nitrogens is 4. The Balaban J connectivity index is 0.000000698. The Morgan fingerprint density at radius 2 is 1.90 bits per heavy atom. The van der Waals surface area contributed by atoms with Gasteiger partial charge in [-0.2, -0.15) is 13.2 Å². The quantitative estimate of drug-likeness (QED) is 0.124. The molecule has 2 unspecified atom stereocenters. The number of aliphatic carboxylic acids is 1. The number of benzene rings is 2. The largest absolute Gasteiger partial charge is 0.490 e. The van der Waals surface area contributed by atoms with Crippen LogP contribution in [0.4, 0.5) is 18.9 Å². The maximum absolute atomic E-state index is 13.1. The lowest BCUT2D eigenvalue weighted by Crippen LogP contribution is -2.52. The molecule has 4 amide bonds. The Kier molecular flexibility index (Phi) is 11.9. The number of carboxylic acid groups (broad SMARTS) is 1. The summed E-state index contributed by atoms with van der Waals surface area (Å²) in [4.78, 5) is 59.2. The number of hydrogen-bond acceptors (Lipinski definition) is 10. The van der Waals surface area contributed by atoms with E-state index in [0.29, 0.717) is 56.3 Å². The fourth-order valence-corrected chi connectivity index (χ4v) is 5.14. The highest BCUT2D eigenvalue weighted by Crippen LogP contribution is 2.29.